The van der Waals surface area contributed by atoms with Crippen molar-refractivity contribution in [3.05, 3.63) is 59.4 Å². The molecule has 6 nitrogen and oxygen atoms in total. The van der Waals surface area contributed by atoms with Gasteiger partial charge in [-0.05, 0) is 44.0 Å². The number of likely N-dealkylation sites (tertiary alicyclic amines) is 1. The molecular formula is C23H29FN6. The van der Waals surface area contributed by atoms with Gasteiger partial charge in [0.2, 0.25) is 5.95 Å². The van der Waals surface area contributed by atoms with E-state index in [0.29, 0.717) is 11.9 Å². The van der Waals surface area contributed by atoms with E-state index in [-0.39, 0.29) is 5.82 Å². The minimum atomic E-state index is -0.234. The van der Waals surface area contributed by atoms with E-state index in [1.165, 1.54) is 17.7 Å². The Morgan fingerprint density at radius 2 is 1.97 bits per heavy atom. The fraction of sp³-hybridized carbons (Fsp3) is 0.435. The smallest absolute Gasteiger partial charge is 0.225 e. The topological polar surface area (TPSA) is 50.1 Å². The van der Waals surface area contributed by atoms with Crippen LogP contribution in [0.3, 0.4) is 0 Å². The molecule has 0 amide bonds. The van der Waals surface area contributed by atoms with E-state index in [2.05, 4.69) is 28.1 Å². The number of hydrogen-bond acceptors (Lipinski definition) is 5. The van der Waals surface area contributed by atoms with Crippen LogP contribution in [0.15, 0.2) is 36.7 Å². The predicted molar refractivity (Wildman–Crippen MR) is 117 cm³/mol. The van der Waals surface area contributed by atoms with Crippen LogP contribution in [0.2, 0.25) is 0 Å². The zero-order valence-corrected chi connectivity index (χ0v) is 18.1. The van der Waals surface area contributed by atoms with Crippen LogP contribution in [0.5, 0.6) is 0 Å². The summed E-state index contributed by atoms with van der Waals surface area (Å²) in [5.41, 5.74) is 5.35. The molecule has 7 heteroatoms. The fourth-order valence-corrected chi connectivity index (χ4v) is 4.23. The molecule has 158 valence electrons. The number of piperidine rings is 1. The lowest BCUT2D eigenvalue weighted by molar-refractivity contribution is 0.198. The van der Waals surface area contributed by atoms with Gasteiger partial charge in [0.1, 0.15) is 5.82 Å². The Kier molecular flexibility index (Phi) is 5.81. The van der Waals surface area contributed by atoms with E-state index in [1.807, 2.05) is 49.1 Å². The van der Waals surface area contributed by atoms with Crippen molar-refractivity contribution in [2.24, 2.45) is 7.05 Å². The van der Waals surface area contributed by atoms with Crippen LogP contribution in [0.4, 0.5) is 10.3 Å². The number of anilines is 1. The Morgan fingerprint density at radius 1 is 1.20 bits per heavy atom. The second kappa shape index (κ2) is 8.52. The van der Waals surface area contributed by atoms with E-state index < -0.39 is 0 Å². The summed E-state index contributed by atoms with van der Waals surface area (Å²) in [7, 11) is 5.87. The second-order valence-electron chi connectivity index (χ2n) is 8.36. The van der Waals surface area contributed by atoms with E-state index in [0.717, 1.165) is 55.0 Å². The molecule has 30 heavy (non-hydrogen) atoms. The number of hydrogen-bond donors (Lipinski definition) is 0. The standard InChI is InChI=1S/C23H29FN6/c1-16-19(13-29(4)27-16)15-30-11-5-6-18(14-30)22-21(12-25-23(26-22)28(2)3)17-7-9-20(24)10-8-17/h7-10,12-13,18H,5-6,11,14-15H2,1-4H3/t18-/m0/s1. The molecule has 2 aromatic heterocycles. The van der Waals surface area contributed by atoms with Gasteiger partial charge < -0.3 is 4.90 Å². The monoisotopic (exact) mass is 408 g/mol. The van der Waals surface area contributed by atoms with E-state index in [4.69, 9.17) is 4.98 Å². The largest absolute Gasteiger partial charge is 0.347 e. The Hall–Kier alpha value is -2.80. The summed E-state index contributed by atoms with van der Waals surface area (Å²) in [6, 6.07) is 6.62. The Balaban J connectivity index is 1.64. The molecule has 0 aliphatic carbocycles. The summed E-state index contributed by atoms with van der Waals surface area (Å²) < 4.78 is 15.4. The SMILES string of the molecule is Cc1nn(C)cc1CN1CCC[C@H](c2nc(N(C)C)ncc2-c2ccc(F)cc2)C1. The third-order valence-electron chi connectivity index (χ3n) is 5.76. The van der Waals surface area contributed by atoms with Crippen molar-refractivity contribution in [2.75, 3.05) is 32.1 Å². The number of halogens is 1. The quantitative estimate of drug-likeness (QED) is 0.643. The van der Waals surface area contributed by atoms with Crippen molar-refractivity contribution >= 4 is 5.95 Å². The van der Waals surface area contributed by atoms with Crippen molar-refractivity contribution in [1.29, 1.82) is 0 Å². The van der Waals surface area contributed by atoms with Crippen LogP contribution >= 0.6 is 0 Å². The molecule has 4 rings (SSSR count). The normalized spacial score (nSPS) is 17.3. The maximum atomic E-state index is 13.5. The van der Waals surface area contributed by atoms with Crippen molar-refractivity contribution in [1.82, 2.24) is 24.6 Å². The Bertz CT molecular complexity index is 1010. The van der Waals surface area contributed by atoms with Gasteiger partial charge in [0.25, 0.3) is 0 Å². The zero-order valence-electron chi connectivity index (χ0n) is 18.1. The van der Waals surface area contributed by atoms with Gasteiger partial charge in [-0.1, -0.05) is 12.1 Å². The van der Waals surface area contributed by atoms with Gasteiger partial charge in [0.15, 0.2) is 0 Å². The molecule has 0 bridgehead atoms. The van der Waals surface area contributed by atoms with Gasteiger partial charge >= 0.3 is 0 Å². The van der Waals surface area contributed by atoms with E-state index in [9.17, 15) is 4.39 Å². The van der Waals surface area contributed by atoms with Gasteiger partial charge in [-0.15, -0.1) is 0 Å². The summed E-state index contributed by atoms with van der Waals surface area (Å²) in [4.78, 5) is 13.9. The van der Waals surface area contributed by atoms with E-state index >= 15 is 0 Å². The third-order valence-corrected chi connectivity index (χ3v) is 5.76. The molecule has 3 heterocycles. The van der Waals surface area contributed by atoms with Crippen molar-refractivity contribution in [3.8, 4) is 11.1 Å². The molecule has 1 fully saturated rings. The van der Waals surface area contributed by atoms with Gasteiger partial charge in [-0.2, -0.15) is 5.10 Å². The maximum Gasteiger partial charge on any atom is 0.225 e. The summed E-state index contributed by atoms with van der Waals surface area (Å²) in [5.74, 6) is 0.774. The second-order valence-corrected chi connectivity index (χ2v) is 8.36. The molecule has 0 spiro atoms. The highest BCUT2D eigenvalue weighted by Crippen LogP contribution is 2.34. The predicted octanol–water partition coefficient (Wildman–Crippen LogP) is 3.77. The molecule has 1 aromatic carbocycles. The lowest BCUT2D eigenvalue weighted by Gasteiger charge is -2.33. The summed E-state index contributed by atoms with van der Waals surface area (Å²) in [6.45, 7) is 4.97. The van der Waals surface area contributed by atoms with Crippen LogP contribution in [-0.2, 0) is 13.6 Å². The number of benzene rings is 1. The van der Waals surface area contributed by atoms with Gasteiger partial charge in [-0.3, -0.25) is 9.58 Å². The van der Waals surface area contributed by atoms with Crippen LogP contribution in [-0.4, -0.2) is 51.8 Å². The zero-order chi connectivity index (χ0) is 21.3. The molecule has 1 saturated heterocycles. The lowest BCUT2D eigenvalue weighted by atomic mass is 9.89. The number of rotatable bonds is 5. The van der Waals surface area contributed by atoms with Gasteiger partial charge in [-0.25, -0.2) is 14.4 Å². The minimum absolute atomic E-state index is 0.234. The molecule has 1 atom stereocenters. The van der Waals surface area contributed by atoms with Crippen LogP contribution in [0.25, 0.3) is 11.1 Å². The Labute approximate surface area is 177 Å². The van der Waals surface area contributed by atoms with Crippen molar-refractivity contribution in [3.63, 3.8) is 0 Å². The molecular weight excluding hydrogens is 379 g/mol. The molecule has 0 saturated carbocycles. The average Bonchev–Trinajstić information content (AvgIpc) is 3.05. The summed E-state index contributed by atoms with van der Waals surface area (Å²) in [6.07, 6.45) is 6.20. The first-order chi connectivity index (χ1) is 14.4. The first-order valence-corrected chi connectivity index (χ1v) is 10.4. The van der Waals surface area contributed by atoms with Crippen molar-refractivity contribution < 1.29 is 4.39 Å². The molecule has 0 radical (unpaired) electrons. The minimum Gasteiger partial charge on any atom is -0.347 e. The summed E-state index contributed by atoms with van der Waals surface area (Å²) in [5, 5.41) is 4.48. The fourth-order valence-electron chi connectivity index (χ4n) is 4.23. The van der Waals surface area contributed by atoms with Crippen LogP contribution in [0.1, 0.15) is 35.7 Å². The number of nitrogens with zero attached hydrogens (tertiary/aromatic N) is 6. The molecule has 0 unspecified atom stereocenters. The highest BCUT2D eigenvalue weighted by atomic mass is 19.1. The number of aryl methyl sites for hydroxylation is 2. The van der Waals surface area contributed by atoms with Crippen LogP contribution in [0, 0.1) is 12.7 Å². The summed E-state index contributed by atoms with van der Waals surface area (Å²) >= 11 is 0. The first kappa shape index (κ1) is 20.5. The number of aromatic nitrogens is 4. The lowest BCUT2D eigenvalue weighted by Crippen LogP contribution is -2.34. The third kappa shape index (κ3) is 4.36. The van der Waals surface area contributed by atoms with E-state index in [1.54, 1.807) is 0 Å². The van der Waals surface area contributed by atoms with Gasteiger partial charge in [0.05, 0.1) is 11.4 Å². The molecule has 1 aliphatic rings. The molecule has 0 N–H and O–H groups in total. The van der Waals surface area contributed by atoms with Crippen molar-refractivity contribution in [2.45, 2.75) is 32.2 Å². The first-order valence-electron chi connectivity index (χ1n) is 10.4. The Morgan fingerprint density at radius 3 is 2.63 bits per heavy atom. The molecule has 1 aliphatic heterocycles. The van der Waals surface area contributed by atoms with Crippen LogP contribution < -0.4 is 4.90 Å². The maximum absolute atomic E-state index is 13.5. The average molecular weight is 409 g/mol. The van der Waals surface area contributed by atoms with Gasteiger partial charge in [0, 0.05) is 63.7 Å². The highest BCUT2D eigenvalue weighted by Gasteiger charge is 2.26. The highest BCUT2D eigenvalue weighted by molar-refractivity contribution is 5.66. The molecule has 3 aromatic rings.